The molecule has 2 atom stereocenters. The Labute approximate surface area is 107 Å². The maximum absolute atomic E-state index is 13.3. The van der Waals surface area contributed by atoms with Crippen molar-refractivity contribution in [2.24, 2.45) is 11.7 Å². The minimum Gasteiger partial charge on any atom is -0.336 e. The summed E-state index contributed by atoms with van der Waals surface area (Å²) >= 11 is 0. The quantitative estimate of drug-likeness (QED) is 0.872. The van der Waals surface area contributed by atoms with E-state index in [-0.39, 0.29) is 17.8 Å². The summed E-state index contributed by atoms with van der Waals surface area (Å²) in [7, 11) is 0. The number of hydrogen-bond acceptors (Lipinski definition) is 2. The van der Waals surface area contributed by atoms with Crippen LogP contribution in [-0.2, 0) is 0 Å². The van der Waals surface area contributed by atoms with Crippen LogP contribution >= 0.6 is 0 Å². The number of rotatable bonds is 2. The van der Waals surface area contributed by atoms with E-state index in [4.69, 9.17) is 5.73 Å². The molecule has 1 aliphatic heterocycles. The minimum atomic E-state index is -0.361. The molecular formula is C14H19FN2O. The van der Waals surface area contributed by atoms with E-state index in [0.29, 0.717) is 24.6 Å². The van der Waals surface area contributed by atoms with Crippen LogP contribution in [0.1, 0.15) is 29.3 Å². The van der Waals surface area contributed by atoms with Crippen molar-refractivity contribution in [1.29, 1.82) is 0 Å². The molecule has 1 saturated heterocycles. The number of aryl methyl sites for hydroxylation is 1. The second kappa shape index (κ2) is 5.06. The van der Waals surface area contributed by atoms with Gasteiger partial charge in [-0.25, -0.2) is 4.39 Å². The summed E-state index contributed by atoms with van der Waals surface area (Å²) in [6.07, 6.45) is 0.927. The average molecular weight is 250 g/mol. The van der Waals surface area contributed by atoms with Crippen LogP contribution in [0.25, 0.3) is 0 Å². The number of likely N-dealkylation sites (tertiary alicyclic amines) is 1. The highest BCUT2D eigenvalue weighted by Gasteiger charge is 2.32. The molecule has 1 amide bonds. The van der Waals surface area contributed by atoms with E-state index in [1.807, 2.05) is 6.92 Å². The molecule has 4 heteroatoms. The molecule has 0 aliphatic carbocycles. The monoisotopic (exact) mass is 250 g/mol. The van der Waals surface area contributed by atoms with Gasteiger partial charge in [0.15, 0.2) is 0 Å². The summed E-state index contributed by atoms with van der Waals surface area (Å²) in [4.78, 5) is 14.1. The fourth-order valence-corrected chi connectivity index (χ4v) is 2.62. The topological polar surface area (TPSA) is 46.3 Å². The number of carbonyl (C=O) groups is 1. The lowest BCUT2D eigenvalue weighted by molar-refractivity contribution is 0.0743. The van der Waals surface area contributed by atoms with Crippen molar-refractivity contribution in [2.45, 2.75) is 26.3 Å². The van der Waals surface area contributed by atoms with Crippen LogP contribution in [0.4, 0.5) is 4.39 Å². The van der Waals surface area contributed by atoms with Gasteiger partial charge in [0.2, 0.25) is 0 Å². The van der Waals surface area contributed by atoms with Crippen LogP contribution in [-0.4, -0.2) is 29.9 Å². The summed E-state index contributed by atoms with van der Waals surface area (Å²) in [6, 6.07) is 4.63. The van der Waals surface area contributed by atoms with Crippen molar-refractivity contribution in [3.8, 4) is 0 Å². The Hall–Kier alpha value is -1.42. The fourth-order valence-electron chi connectivity index (χ4n) is 2.62. The van der Waals surface area contributed by atoms with Gasteiger partial charge >= 0.3 is 0 Å². The van der Waals surface area contributed by atoms with Crippen LogP contribution in [0.2, 0.25) is 0 Å². The van der Waals surface area contributed by atoms with Crippen molar-refractivity contribution in [3.05, 3.63) is 35.1 Å². The molecule has 0 aromatic heterocycles. The molecule has 1 aromatic carbocycles. The Bertz CT molecular complexity index is 441. The Kier molecular flexibility index (Phi) is 3.66. The van der Waals surface area contributed by atoms with Crippen LogP contribution < -0.4 is 5.73 Å². The zero-order valence-electron chi connectivity index (χ0n) is 10.8. The normalized spacial score (nSPS) is 23.4. The van der Waals surface area contributed by atoms with E-state index in [1.165, 1.54) is 12.1 Å². The molecule has 98 valence electrons. The van der Waals surface area contributed by atoms with Crippen molar-refractivity contribution in [2.75, 3.05) is 13.1 Å². The van der Waals surface area contributed by atoms with Crippen molar-refractivity contribution >= 4 is 5.91 Å². The van der Waals surface area contributed by atoms with Crippen molar-refractivity contribution in [1.82, 2.24) is 4.90 Å². The molecule has 0 bridgehead atoms. The standard InChI is InChI=1S/C14H19FN2O/c1-9-3-12(6-13(15)4-9)14(18)17-8-11(7-16)5-10(17)2/h3-4,6,10-11H,5,7-8,16H2,1-2H3. The highest BCUT2D eigenvalue weighted by molar-refractivity contribution is 5.94. The van der Waals surface area contributed by atoms with Crippen LogP contribution in [0, 0.1) is 18.7 Å². The molecule has 1 aromatic rings. The first-order chi connectivity index (χ1) is 8.51. The maximum atomic E-state index is 13.3. The molecule has 1 fully saturated rings. The van der Waals surface area contributed by atoms with Gasteiger partial charge in [0.05, 0.1) is 0 Å². The van der Waals surface area contributed by atoms with E-state index in [1.54, 1.807) is 17.9 Å². The van der Waals surface area contributed by atoms with Crippen LogP contribution in [0.5, 0.6) is 0 Å². The second-order valence-electron chi connectivity index (χ2n) is 5.16. The molecular weight excluding hydrogens is 231 g/mol. The molecule has 1 heterocycles. The Morgan fingerprint density at radius 2 is 2.22 bits per heavy atom. The minimum absolute atomic E-state index is 0.0962. The number of hydrogen-bond donors (Lipinski definition) is 1. The lowest BCUT2D eigenvalue weighted by Crippen LogP contribution is -2.34. The Balaban J connectivity index is 2.21. The zero-order valence-corrected chi connectivity index (χ0v) is 10.8. The summed E-state index contributed by atoms with van der Waals surface area (Å²) in [5.74, 6) is -0.0970. The molecule has 18 heavy (non-hydrogen) atoms. The summed E-state index contributed by atoms with van der Waals surface area (Å²) in [6.45, 7) is 5.07. The number of halogens is 1. The SMILES string of the molecule is Cc1cc(F)cc(C(=O)N2CC(CN)CC2C)c1. The molecule has 2 N–H and O–H groups in total. The third kappa shape index (κ3) is 2.53. The van der Waals surface area contributed by atoms with Gasteiger partial charge in [0, 0.05) is 18.2 Å². The van der Waals surface area contributed by atoms with Crippen molar-refractivity contribution in [3.63, 3.8) is 0 Å². The van der Waals surface area contributed by atoms with E-state index in [0.717, 1.165) is 12.0 Å². The zero-order chi connectivity index (χ0) is 13.3. The third-order valence-corrected chi connectivity index (χ3v) is 3.54. The largest absolute Gasteiger partial charge is 0.336 e. The molecule has 1 aliphatic rings. The average Bonchev–Trinajstić information content (AvgIpc) is 2.68. The predicted octanol–water partition coefficient (Wildman–Crippen LogP) is 1.94. The van der Waals surface area contributed by atoms with Gasteiger partial charge in [0.25, 0.3) is 5.91 Å². The molecule has 2 rings (SSSR count). The van der Waals surface area contributed by atoms with Gasteiger partial charge in [-0.2, -0.15) is 0 Å². The number of amides is 1. The third-order valence-electron chi connectivity index (χ3n) is 3.54. The lowest BCUT2D eigenvalue weighted by Gasteiger charge is -2.21. The van der Waals surface area contributed by atoms with Gasteiger partial charge in [-0.05, 0) is 56.5 Å². The molecule has 0 spiro atoms. The number of nitrogens with two attached hydrogens (primary N) is 1. The molecule has 2 unspecified atom stereocenters. The first-order valence-electron chi connectivity index (χ1n) is 6.29. The van der Waals surface area contributed by atoms with E-state index in [2.05, 4.69) is 0 Å². The first-order valence-corrected chi connectivity index (χ1v) is 6.29. The smallest absolute Gasteiger partial charge is 0.254 e. The van der Waals surface area contributed by atoms with Gasteiger partial charge < -0.3 is 10.6 Å². The summed E-state index contributed by atoms with van der Waals surface area (Å²) in [5, 5.41) is 0. The van der Waals surface area contributed by atoms with Gasteiger partial charge in [-0.15, -0.1) is 0 Å². The van der Waals surface area contributed by atoms with E-state index >= 15 is 0 Å². The molecule has 0 saturated carbocycles. The number of carbonyl (C=O) groups excluding carboxylic acids is 1. The van der Waals surface area contributed by atoms with Gasteiger partial charge in [0.1, 0.15) is 5.82 Å². The van der Waals surface area contributed by atoms with Crippen LogP contribution in [0.3, 0.4) is 0 Å². The molecule has 3 nitrogen and oxygen atoms in total. The molecule has 0 radical (unpaired) electrons. The highest BCUT2D eigenvalue weighted by Crippen LogP contribution is 2.24. The maximum Gasteiger partial charge on any atom is 0.254 e. The Morgan fingerprint density at radius 1 is 1.50 bits per heavy atom. The van der Waals surface area contributed by atoms with E-state index in [9.17, 15) is 9.18 Å². The second-order valence-corrected chi connectivity index (χ2v) is 5.16. The predicted molar refractivity (Wildman–Crippen MR) is 68.8 cm³/mol. The first kappa shape index (κ1) is 13.0. The van der Waals surface area contributed by atoms with Crippen molar-refractivity contribution < 1.29 is 9.18 Å². The van der Waals surface area contributed by atoms with Gasteiger partial charge in [-0.3, -0.25) is 4.79 Å². The summed E-state index contributed by atoms with van der Waals surface area (Å²) in [5.41, 5.74) is 6.84. The lowest BCUT2D eigenvalue weighted by atomic mass is 10.1. The number of nitrogens with zero attached hydrogens (tertiary/aromatic N) is 1. The van der Waals surface area contributed by atoms with Crippen LogP contribution in [0.15, 0.2) is 18.2 Å². The van der Waals surface area contributed by atoms with E-state index < -0.39 is 0 Å². The highest BCUT2D eigenvalue weighted by atomic mass is 19.1. The summed E-state index contributed by atoms with van der Waals surface area (Å²) < 4.78 is 13.3. The Morgan fingerprint density at radius 3 is 2.78 bits per heavy atom. The fraction of sp³-hybridized carbons (Fsp3) is 0.500. The van der Waals surface area contributed by atoms with Gasteiger partial charge in [-0.1, -0.05) is 0 Å². The number of benzene rings is 1.